The van der Waals surface area contributed by atoms with Crippen LogP contribution >= 0.6 is 15.9 Å². The molecule has 0 radical (unpaired) electrons. The third-order valence-corrected chi connectivity index (χ3v) is 5.27. The minimum absolute atomic E-state index is 0.259. The first-order chi connectivity index (χ1) is 13.1. The highest BCUT2D eigenvalue weighted by Crippen LogP contribution is 2.18. The average molecular weight is 434 g/mol. The van der Waals surface area contributed by atoms with Crippen molar-refractivity contribution < 1.29 is 14.6 Å². The zero-order valence-electron chi connectivity index (χ0n) is 15.8. The number of aryl methyl sites for hydroxylation is 1. The summed E-state index contributed by atoms with van der Waals surface area (Å²) in [5, 5.41) is 10.5. The Hall–Kier alpha value is -1.40. The summed E-state index contributed by atoms with van der Waals surface area (Å²) in [6.07, 6.45) is 1.92. The molecule has 1 fully saturated rings. The smallest absolute Gasteiger partial charge is 0.119 e. The normalized spacial score (nSPS) is 18.0. The zero-order chi connectivity index (χ0) is 19.1. The van der Waals surface area contributed by atoms with Gasteiger partial charge in [-0.05, 0) is 49.6 Å². The highest BCUT2D eigenvalue weighted by molar-refractivity contribution is 9.10. The van der Waals surface area contributed by atoms with E-state index in [9.17, 15) is 5.11 Å². The van der Waals surface area contributed by atoms with Gasteiger partial charge in [0.25, 0.3) is 0 Å². The van der Waals surface area contributed by atoms with Crippen LogP contribution in [0.3, 0.4) is 0 Å². The molecule has 0 aliphatic carbocycles. The molecule has 0 bridgehead atoms. The number of hydrogen-bond donors (Lipinski definition) is 1. The predicted molar refractivity (Wildman–Crippen MR) is 111 cm³/mol. The number of benzene rings is 2. The molecule has 2 unspecified atom stereocenters. The van der Waals surface area contributed by atoms with E-state index in [1.165, 1.54) is 11.1 Å². The molecule has 2 aromatic carbocycles. The van der Waals surface area contributed by atoms with Crippen molar-refractivity contribution in [2.75, 3.05) is 26.3 Å². The van der Waals surface area contributed by atoms with Crippen molar-refractivity contribution in [3.63, 3.8) is 0 Å². The second-order valence-electron chi connectivity index (χ2n) is 7.23. The van der Waals surface area contributed by atoms with Gasteiger partial charge in [-0.15, -0.1) is 0 Å². The quantitative estimate of drug-likeness (QED) is 0.643. The number of rotatable bonds is 9. The Bertz CT molecular complexity index is 684. The summed E-state index contributed by atoms with van der Waals surface area (Å²) < 4.78 is 12.5. The minimum Gasteiger partial charge on any atom is -0.491 e. The van der Waals surface area contributed by atoms with E-state index in [0.29, 0.717) is 6.54 Å². The molecule has 1 aliphatic heterocycles. The molecule has 1 heterocycles. The monoisotopic (exact) mass is 433 g/mol. The number of aliphatic hydroxyl groups excluding tert-OH is 1. The van der Waals surface area contributed by atoms with Crippen molar-refractivity contribution >= 4 is 15.9 Å². The van der Waals surface area contributed by atoms with Gasteiger partial charge in [-0.25, -0.2) is 0 Å². The SMILES string of the molecule is Cc1ccc(CN(CC(O)COc2ccc(Br)cc2)CC2CCCO2)cc1. The van der Waals surface area contributed by atoms with E-state index in [4.69, 9.17) is 9.47 Å². The largest absolute Gasteiger partial charge is 0.491 e. The fraction of sp³-hybridized carbons (Fsp3) is 0.455. The van der Waals surface area contributed by atoms with Gasteiger partial charge in [0, 0.05) is 30.7 Å². The summed E-state index contributed by atoms with van der Waals surface area (Å²) in [6, 6.07) is 16.2. The summed E-state index contributed by atoms with van der Waals surface area (Å²) in [6.45, 7) is 5.41. The number of ether oxygens (including phenoxy) is 2. The number of hydrogen-bond acceptors (Lipinski definition) is 4. The van der Waals surface area contributed by atoms with Crippen LogP contribution in [0.5, 0.6) is 5.75 Å². The van der Waals surface area contributed by atoms with Gasteiger partial charge in [0.15, 0.2) is 0 Å². The Balaban J connectivity index is 1.55. The first-order valence-electron chi connectivity index (χ1n) is 9.54. The van der Waals surface area contributed by atoms with E-state index in [1.54, 1.807) is 0 Å². The van der Waals surface area contributed by atoms with Crippen molar-refractivity contribution in [1.82, 2.24) is 4.90 Å². The second kappa shape index (κ2) is 10.2. The number of nitrogens with zero attached hydrogens (tertiary/aromatic N) is 1. The van der Waals surface area contributed by atoms with Crippen LogP contribution in [-0.4, -0.2) is 48.5 Å². The lowest BCUT2D eigenvalue weighted by atomic mass is 10.1. The van der Waals surface area contributed by atoms with E-state index in [1.807, 2.05) is 24.3 Å². The molecule has 0 spiro atoms. The molecule has 1 saturated heterocycles. The molecule has 4 nitrogen and oxygen atoms in total. The maximum atomic E-state index is 10.5. The summed E-state index contributed by atoms with van der Waals surface area (Å²) in [4.78, 5) is 2.27. The van der Waals surface area contributed by atoms with Crippen molar-refractivity contribution in [1.29, 1.82) is 0 Å². The molecule has 27 heavy (non-hydrogen) atoms. The first kappa shape index (κ1) is 20.3. The highest BCUT2D eigenvalue weighted by Gasteiger charge is 2.21. The minimum atomic E-state index is -0.555. The van der Waals surface area contributed by atoms with Crippen LogP contribution in [0.4, 0.5) is 0 Å². The van der Waals surface area contributed by atoms with E-state index in [-0.39, 0.29) is 12.7 Å². The van der Waals surface area contributed by atoms with Crippen LogP contribution in [0.1, 0.15) is 24.0 Å². The summed E-state index contributed by atoms with van der Waals surface area (Å²) in [5.74, 6) is 0.765. The van der Waals surface area contributed by atoms with Gasteiger partial charge in [0.1, 0.15) is 18.5 Å². The first-order valence-corrected chi connectivity index (χ1v) is 10.3. The molecule has 2 atom stereocenters. The fourth-order valence-electron chi connectivity index (χ4n) is 3.31. The molecule has 2 aromatic rings. The van der Waals surface area contributed by atoms with Gasteiger partial charge in [-0.2, -0.15) is 0 Å². The van der Waals surface area contributed by atoms with Crippen molar-refractivity contribution in [3.8, 4) is 5.75 Å². The van der Waals surface area contributed by atoms with Crippen LogP contribution in [0.15, 0.2) is 53.0 Å². The van der Waals surface area contributed by atoms with Gasteiger partial charge in [-0.1, -0.05) is 45.8 Å². The van der Waals surface area contributed by atoms with Crippen LogP contribution < -0.4 is 4.74 Å². The van der Waals surface area contributed by atoms with Crippen molar-refractivity contribution in [2.24, 2.45) is 0 Å². The molecule has 146 valence electrons. The summed E-state index contributed by atoms with van der Waals surface area (Å²) >= 11 is 3.41. The molecular formula is C22H28BrNO3. The fourth-order valence-corrected chi connectivity index (χ4v) is 3.57. The molecule has 0 saturated carbocycles. The Morgan fingerprint density at radius 3 is 2.59 bits per heavy atom. The maximum absolute atomic E-state index is 10.5. The van der Waals surface area contributed by atoms with Crippen LogP contribution in [0.25, 0.3) is 0 Å². The number of halogens is 1. The topological polar surface area (TPSA) is 41.9 Å². The average Bonchev–Trinajstić information content (AvgIpc) is 3.16. The van der Waals surface area contributed by atoms with Gasteiger partial charge < -0.3 is 14.6 Å². The van der Waals surface area contributed by atoms with Gasteiger partial charge in [0.05, 0.1) is 6.10 Å². The molecule has 3 rings (SSSR count). The van der Waals surface area contributed by atoms with E-state index in [0.717, 1.165) is 42.8 Å². The zero-order valence-corrected chi connectivity index (χ0v) is 17.4. The van der Waals surface area contributed by atoms with Crippen LogP contribution in [0, 0.1) is 6.92 Å². The molecule has 1 N–H and O–H groups in total. The second-order valence-corrected chi connectivity index (χ2v) is 8.15. The Labute approximate surface area is 170 Å². The third kappa shape index (κ3) is 6.92. The lowest BCUT2D eigenvalue weighted by Crippen LogP contribution is -2.39. The molecular weight excluding hydrogens is 406 g/mol. The Kier molecular flexibility index (Phi) is 7.70. The lowest BCUT2D eigenvalue weighted by Gasteiger charge is -2.27. The standard InChI is InChI=1S/C22H28BrNO3/c1-17-4-6-18(7-5-17)13-24(15-22-3-2-12-26-22)14-20(25)16-27-21-10-8-19(23)9-11-21/h4-11,20,22,25H,2-3,12-16H2,1H3. The van der Waals surface area contributed by atoms with Crippen molar-refractivity contribution in [2.45, 2.75) is 38.5 Å². The third-order valence-electron chi connectivity index (χ3n) is 4.74. The summed E-state index contributed by atoms with van der Waals surface area (Å²) in [7, 11) is 0. The van der Waals surface area contributed by atoms with E-state index in [2.05, 4.69) is 52.0 Å². The van der Waals surface area contributed by atoms with E-state index >= 15 is 0 Å². The number of aliphatic hydroxyl groups is 1. The Morgan fingerprint density at radius 2 is 1.93 bits per heavy atom. The van der Waals surface area contributed by atoms with Crippen molar-refractivity contribution in [3.05, 3.63) is 64.1 Å². The summed E-state index contributed by atoms with van der Waals surface area (Å²) in [5.41, 5.74) is 2.51. The molecule has 1 aliphatic rings. The Morgan fingerprint density at radius 1 is 1.19 bits per heavy atom. The molecule has 5 heteroatoms. The van der Waals surface area contributed by atoms with Crippen LogP contribution in [0.2, 0.25) is 0 Å². The van der Waals surface area contributed by atoms with Gasteiger partial charge in [0.2, 0.25) is 0 Å². The lowest BCUT2D eigenvalue weighted by molar-refractivity contribution is 0.0313. The molecule has 0 aromatic heterocycles. The van der Waals surface area contributed by atoms with Gasteiger partial charge >= 0.3 is 0 Å². The van der Waals surface area contributed by atoms with Crippen LogP contribution in [-0.2, 0) is 11.3 Å². The highest BCUT2D eigenvalue weighted by atomic mass is 79.9. The molecule has 0 amide bonds. The predicted octanol–water partition coefficient (Wildman–Crippen LogP) is 4.18. The maximum Gasteiger partial charge on any atom is 0.119 e. The van der Waals surface area contributed by atoms with Gasteiger partial charge in [-0.3, -0.25) is 4.90 Å². The van der Waals surface area contributed by atoms with E-state index < -0.39 is 6.10 Å².